The van der Waals surface area contributed by atoms with Crippen LogP contribution >= 0.6 is 23.4 Å². The third kappa shape index (κ3) is 16.2. The molecule has 1 aliphatic carbocycles. The molecule has 20 nitrogen and oxygen atoms in total. The Morgan fingerprint density at radius 3 is 2.19 bits per heavy atom. The number of amides is 1. The van der Waals surface area contributed by atoms with Gasteiger partial charge in [-0.05, 0) is 149 Å². The van der Waals surface area contributed by atoms with Gasteiger partial charge in [0.15, 0.2) is 5.78 Å². The zero-order chi connectivity index (χ0) is 62.6. The van der Waals surface area contributed by atoms with Crippen molar-refractivity contribution in [1.82, 2.24) is 39.4 Å². The van der Waals surface area contributed by atoms with E-state index in [-0.39, 0.29) is 45.1 Å². The largest absolute Gasteiger partial charge is 0.376 e. The minimum absolute atomic E-state index is 0.0536. The van der Waals surface area contributed by atoms with Crippen molar-refractivity contribution in [3.05, 3.63) is 194 Å². The first-order valence-corrected chi connectivity index (χ1v) is 32.8. The van der Waals surface area contributed by atoms with Crippen LogP contribution < -0.4 is 36.0 Å². The number of Topliss-reactive ketones (excluding diaryl/α,β-unsaturated/α-hetero) is 1. The molecule has 1 amide bonds. The molecule has 8 aromatic rings. The Bertz CT molecular complexity index is 3950. The smallest absolute Gasteiger partial charge is 0.293 e. The number of nitro groups is 1. The monoisotopic (exact) mass is 1260 g/mol. The lowest BCUT2D eigenvalue weighted by molar-refractivity contribution is -0.384. The molecule has 5 heterocycles. The number of rotatable bonds is 21. The summed E-state index contributed by atoms with van der Waals surface area (Å²) in [5, 5.41) is 23.4. The highest BCUT2D eigenvalue weighted by Gasteiger charge is 2.28. The maximum Gasteiger partial charge on any atom is 0.293 e. The number of sulfonamides is 1. The van der Waals surface area contributed by atoms with E-state index in [1.807, 2.05) is 98.0 Å². The first-order chi connectivity index (χ1) is 43.0. The second kappa shape index (κ2) is 29.4. The Balaban J connectivity index is 0.000000224. The topological polar surface area (TPSA) is 233 Å². The third-order valence-corrected chi connectivity index (χ3v) is 19.1. The fourth-order valence-electron chi connectivity index (χ4n) is 11.5. The SMILES string of the molecule is CC(=O)c1c(C)c2cnc(Nc3ccc(N4CCNCC4)cn3)nc2n(C2CCCC2)c1=O.CN(C)CC[C@H](CSc1ccccc1)Nc1ccc(S(=O)(=O)NC(=O)c2ccc(N3CCN(Cc4ccccc4-c4ccc(Cl)cc4)CC3)cc2)cc1[N+](=O)[O-]. The predicted molar refractivity (Wildman–Crippen MR) is 355 cm³/mol. The van der Waals surface area contributed by atoms with Crippen molar-refractivity contribution in [2.75, 3.05) is 99.2 Å². The second-order valence-corrected chi connectivity index (χ2v) is 26.0. The zero-order valence-corrected chi connectivity index (χ0v) is 52.8. The number of halogens is 1. The highest BCUT2D eigenvalue weighted by atomic mass is 35.5. The Labute approximate surface area is 528 Å². The van der Waals surface area contributed by atoms with Gasteiger partial charge in [-0.25, -0.2) is 23.1 Å². The average Bonchev–Trinajstić information content (AvgIpc) is 1.64. The number of ketones is 1. The van der Waals surface area contributed by atoms with Crippen LogP contribution in [-0.2, 0) is 16.6 Å². The van der Waals surface area contributed by atoms with Gasteiger partial charge in [-0.2, -0.15) is 4.98 Å². The van der Waals surface area contributed by atoms with E-state index < -0.39 is 26.5 Å². The summed E-state index contributed by atoms with van der Waals surface area (Å²) < 4.78 is 30.5. The predicted octanol–water partition coefficient (Wildman–Crippen LogP) is 10.8. The molecule has 0 unspecified atom stereocenters. The van der Waals surface area contributed by atoms with Crippen LogP contribution in [0, 0.1) is 17.0 Å². The summed E-state index contributed by atoms with van der Waals surface area (Å²) in [6.07, 6.45) is 8.23. The minimum Gasteiger partial charge on any atom is -0.376 e. The molecule has 3 aliphatic rings. The van der Waals surface area contributed by atoms with Crippen molar-refractivity contribution in [1.29, 1.82) is 0 Å². The fourth-order valence-corrected chi connectivity index (χ4v) is 13.6. The third-order valence-electron chi connectivity index (χ3n) is 16.3. The molecule has 0 bridgehead atoms. The molecule has 4 N–H and O–H groups in total. The number of piperazine rings is 2. The molecule has 5 aromatic carbocycles. The van der Waals surface area contributed by atoms with Gasteiger partial charge in [-0.15, -0.1) is 11.8 Å². The number of aromatic nitrogens is 4. The van der Waals surface area contributed by atoms with E-state index in [0.717, 1.165) is 124 Å². The summed E-state index contributed by atoms with van der Waals surface area (Å²) in [6.45, 7) is 11.9. The lowest BCUT2D eigenvalue weighted by atomic mass is 9.99. The minimum atomic E-state index is -4.43. The number of carbonyl (C=O) groups is 2. The number of carbonyl (C=O) groups excluding carboxylic acids is 2. The number of fused-ring (bicyclic) bond motifs is 1. The Kier molecular flexibility index (Phi) is 21.0. The van der Waals surface area contributed by atoms with E-state index in [1.54, 1.807) is 53.7 Å². The van der Waals surface area contributed by atoms with E-state index in [1.165, 1.54) is 30.2 Å². The standard InChI is InChI=1S/C42H45ClN6O5S2.C24H29N7O2/c1-46(2)23-22-35(30-55-37-9-4-3-5-10-37)44-40-21-20-38(28-41(40)49(51)52)56(53,54)45-42(50)32-14-18-36(19-15-32)48-26-24-47(25-27-48)29-33-8-6-7-11-39(33)31-12-16-34(43)17-13-31;1-15-19-14-27-24(28-20-8-7-18(13-26-20)30-11-9-25-10-12-30)29-22(19)31(17-5-3-4-6-17)23(33)21(15)16(2)32/h3-21,28,35,44H,22-27,29-30H2,1-2H3,(H,45,50);7-8,13-14,17,25H,3-6,9-12H2,1-2H3,(H,26,27,28,29)/t35-;/m1./s1. The van der Waals surface area contributed by atoms with Crippen LogP contribution in [0.25, 0.3) is 22.2 Å². The molecule has 11 rings (SSSR count). The van der Waals surface area contributed by atoms with Gasteiger partial charge in [0.2, 0.25) is 5.95 Å². The second-order valence-electron chi connectivity index (χ2n) is 22.8. The number of hydrogen-bond acceptors (Lipinski definition) is 18. The molecular weight excluding hydrogens is 1190 g/mol. The molecule has 2 saturated heterocycles. The Hall–Kier alpha value is -8.25. The molecular formula is C66H74ClN13O7S2. The van der Waals surface area contributed by atoms with Gasteiger partial charge >= 0.3 is 0 Å². The van der Waals surface area contributed by atoms with Gasteiger partial charge in [0, 0.05) is 116 Å². The first-order valence-electron chi connectivity index (χ1n) is 30.0. The summed E-state index contributed by atoms with van der Waals surface area (Å²) >= 11 is 7.75. The molecule has 1 atom stereocenters. The van der Waals surface area contributed by atoms with Crippen molar-refractivity contribution in [2.24, 2.45) is 0 Å². The number of pyridine rings is 2. The Morgan fingerprint density at radius 2 is 1.52 bits per heavy atom. The van der Waals surface area contributed by atoms with Crippen LogP contribution in [0.1, 0.15) is 76.9 Å². The van der Waals surface area contributed by atoms with Crippen molar-refractivity contribution in [3.63, 3.8) is 0 Å². The molecule has 89 heavy (non-hydrogen) atoms. The number of thioether (sulfide) groups is 1. The quantitative estimate of drug-likeness (QED) is 0.0227. The highest BCUT2D eigenvalue weighted by Crippen LogP contribution is 2.34. The number of nitro benzene ring substituents is 1. The number of benzene rings is 5. The van der Waals surface area contributed by atoms with Gasteiger partial charge < -0.3 is 30.7 Å². The van der Waals surface area contributed by atoms with E-state index >= 15 is 0 Å². The summed E-state index contributed by atoms with van der Waals surface area (Å²) in [7, 11) is -0.509. The summed E-state index contributed by atoms with van der Waals surface area (Å²) in [5.74, 6) is 0.613. The van der Waals surface area contributed by atoms with Crippen LogP contribution in [0.3, 0.4) is 0 Å². The van der Waals surface area contributed by atoms with Crippen molar-refractivity contribution < 1.29 is 22.9 Å². The number of nitrogens with zero attached hydrogens (tertiary/aromatic N) is 9. The van der Waals surface area contributed by atoms with Gasteiger partial charge in [-0.3, -0.25) is 34.0 Å². The highest BCUT2D eigenvalue weighted by molar-refractivity contribution is 7.99. The summed E-state index contributed by atoms with van der Waals surface area (Å²) in [4.78, 5) is 73.7. The lowest BCUT2D eigenvalue weighted by Crippen LogP contribution is -2.46. The molecule has 3 aromatic heterocycles. The fraction of sp³-hybridized carbons (Fsp3) is 0.333. The van der Waals surface area contributed by atoms with Gasteiger partial charge in [-0.1, -0.05) is 79.0 Å². The number of aryl methyl sites for hydroxylation is 1. The van der Waals surface area contributed by atoms with Crippen LogP contribution in [0.5, 0.6) is 0 Å². The molecule has 3 fully saturated rings. The van der Waals surface area contributed by atoms with E-state index in [9.17, 15) is 32.9 Å². The number of hydrogen-bond donors (Lipinski definition) is 4. The van der Waals surface area contributed by atoms with Gasteiger partial charge in [0.05, 0.1) is 27.3 Å². The van der Waals surface area contributed by atoms with E-state index in [0.29, 0.717) is 40.2 Å². The van der Waals surface area contributed by atoms with E-state index in [4.69, 9.17) is 16.6 Å². The molecule has 0 radical (unpaired) electrons. The molecule has 23 heteroatoms. The first kappa shape index (κ1) is 63.8. The van der Waals surface area contributed by atoms with Crippen LogP contribution in [0.4, 0.5) is 34.5 Å². The number of anilines is 5. The van der Waals surface area contributed by atoms with Crippen LogP contribution in [0.2, 0.25) is 5.02 Å². The normalized spacial score (nSPS) is 15.1. The maximum absolute atomic E-state index is 13.4. The van der Waals surface area contributed by atoms with Crippen LogP contribution in [0.15, 0.2) is 160 Å². The summed E-state index contributed by atoms with van der Waals surface area (Å²) in [5.41, 5.74) is 6.74. The van der Waals surface area contributed by atoms with Gasteiger partial charge in [0.1, 0.15) is 17.2 Å². The molecule has 464 valence electrons. The van der Waals surface area contributed by atoms with Crippen molar-refractivity contribution in [2.45, 2.75) is 74.4 Å². The maximum atomic E-state index is 13.4. The molecule has 2 aliphatic heterocycles. The zero-order valence-electron chi connectivity index (χ0n) is 50.4. The molecule has 1 saturated carbocycles. The Morgan fingerprint density at radius 1 is 0.831 bits per heavy atom. The van der Waals surface area contributed by atoms with Crippen molar-refractivity contribution in [3.8, 4) is 11.1 Å². The van der Waals surface area contributed by atoms with E-state index in [2.05, 4.69) is 63.5 Å². The summed E-state index contributed by atoms with van der Waals surface area (Å²) in [6, 6.07) is 40.5. The van der Waals surface area contributed by atoms with Gasteiger partial charge in [0.25, 0.3) is 27.2 Å². The lowest BCUT2D eigenvalue weighted by Gasteiger charge is -2.36. The van der Waals surface area contributed by atoms with Crippen LogP contribution in [-0.4, -0.2) is 139 Å². The van der Waals surface area contributed by atoms with Crippen molar-refractivity contribution >= 4 is 90.6 Å². The molecule has 0 spiro atoms. The average molecular weight is 1260 g/mol. The number of nitrogens with one attached hydrogen (secondary N) is 4.